The van der Waals surface area contributed by atoms with Gasteiger partial charge in [-0.05, 0) is 43.3 Å². The monoisotopic (exact) mass is 289 g/mol. The Morgan fingerprint density at radius 1 is 1.10 bits per heavy atom. The van der Waals surface area contributed by atoms with Gasteiger partial charge in [0.05, 0.1) is 0 Å². The van der Waals surface area contributed by atoms with Crippen molar-refractivity contribution in [3.8, 4) is 0 Å². The molecule has 0 aromatic heterocycles. The lowest BCUT2D eigenvalue weighted by atomic mass is 9.95. The SMILES string of the molecule is CC(C)(C)C(=O)Nc1ccc(NC(=O)CC2CNC2)cc1. The molecule has 1 aromatic carbocycles. The number of nitrogens with one attached hydrogen (secondary N) is 3. The Labute approximate surface area is 125 Å². The van der Waals surface area contributed by atoms with Crippen molar-refractivity contribution in [3.05, 3.63) is 24.3 Å². The van der Waals surface area contributed by atoms with Gasteiger partial charge < -0.3 is 16.0 Å². The van der Waals surface area contributed by atoms with Crippen molar-refractivity contribution in [1.82, 2.24) is 5.32 Å². The molecule has 0 unspecified atom stereocenters. The summed E-state index contributed by atoms with van der Waals surface area (Å²) >= 11 is 0. The summed E-state index contributed by atoms with van der Waals surface area (Å²) in [6.07, 6.45) is 0.551. The Hall–Kier alpha value is -1.88. The number of amides is 2. The molecule has 1 saturated heterocycles. The van der Waals surface area contributed by atoms with E-state index in [0.717, 1.165) is 24.5 Å². The van der Waals surface area contributed by atoms with Gasteiger partial charge in [0.25, 0.3) is 0 Å². The van der Waals surface area contributed by atoms with Gasteiger partial charge in [-0.15, -0.1) is 0 Å². The minimum absolute atomic E-state index is 0.0308. The van der Waals surface area contributed by atoms with Gasteiger partial charge in [0.1, 0.15) is 0 Å². The molecular formula is C16H23N3O2. The first-order valence-corrected chi connectivity index (χ1v) is 7.27. The van der Waals surface area contributed by atoms with Crippen LogP contribution in [-0.2, 0) is 9.59 Å². The molecule has 0 bridgehead atoms. The summed E-state index contributed by atoms with van der Waals surface area (Å²) in [7, 11) is 0. The van der Waals surface area contributed by atoms with E-state index in [-0.39, 0.29) is 11.8 Å². The summed E-state index contributed by atoms with van der Waals surface area (Å²) < 4.78 is 0. The molecule has 1 aliphatic rings. The highest BCUT2D eigenvalue weighted by Crippen LogP contribution is 2.19. The van der Waals surface area contributed by atoms with Crippen molar-refractivity contribution in [2.45, 2.75) is 27.2 Å². The molecule has 1 aromatic rings. The van der Waals surface area contributed by atoms with Gasteiger partial charge in [0.2, 0.25) is 11.8 Å². The molecule has 0 radical (unpaired) electrons. The fraction of sp³-hybridized carbons (Fsp3) is 0.500. The highest BCUT2D eigenvalue weighted by Gasteiger charge is 2.21. The van der Waals surface area contributed by atoms with Crippen LogP contribution in [0, 0.1) is 11.3 Å². The Morgan fingerprint density at radius 2 is 1.62 bits per heavy atom. The quantitative estimate of drug-likeness (QED) is 0.796. The van der Waals surface area contributed by atoms with E-state index in [9.17, 15) is 9.59 Å². The van der Waals surface area contributed by atoms with Gasteiger partial charge in [0.15, 0.2) is 0 Å². The predicted octanol–water partition coefficient (Wildman–Crippen LogP) is 2.22. The molecule has 2 amide bonds. The minimum atomic E-state index is -0.427. The molecular weight excluding hydrogens is 266 g/mol. The third-order valence-corrected chi connectivity index (χ3v) is 3.45. The average Bonchev–Trinajstić information content (AvgIpc) is 2.35. The first-order chi connectivity index (χ1) is 9.84. The van der Waals surface area contributed by atoms with Gasteiger partial charge in [-0.3, -0.25) is 9.59 Å². The van der Waals surface area contributed by atoms with Crippen molar-refractivity contribution in [2.75, 3.05) is 23.7 Å². The van der Waals surface area contributed by atoms with Gasteiger partial charge in [-0.2, -0.15) is 0 Å². The summed E-state index contributed by atoms with van der Waals surface area (Å²) in [6, 6.07) is 7.19. The molecule has 1 heterocycles. The van der Waals surface area contributed by atoms with Gasteiger partial charge >= 0.3 is 0 Å². The van der Waals surface area contributed by atoms with Gasteiger partial charge in [0, 0.05) is 23.2 Å². The molecule has 0 atom stereocenters. The van der Waals surface area contributed by atoms with Crippen LogP contribution >= 0.6 is 0 Å². The van der Waals surface area contributed by atoms with Crippen LogP contribution in [0.15, 0.2) is 24.3 Å². The topological polar surface area (TPSA) is 70.2 Å². The number of hydrogen-bond donors (Lipinski definition) is 3. The van der Waals surface area contributed by atoms with Gasteiger partial charge in [-0.1, -0.05) is 20.8 Å². The maximum Gasteiger partial charge on any atom is 0.229 e. The van der Waals surface area contributed by atoms with E-state index in [1.807, 2.05) is 20.8 Å². The Bertz CT molecular complexity index is 513. The van der Waals surface area contributed by atoms with Crippen LogP contribution < -0.4 is 16.0 Å². The number of carbonyl (C=O) groups excluding carboxylic acids is 2. The second-order valence-corrected chi connectivity index (χ2v) is 6.56. The van der Waals surface area contributed by atoms with Crippen molar-refractivity contribution in [1.29, 1.82) is 0 Å². The van der Waals surface area contributed by atoms with Crippen LogP contribution in [0.5, 0.6) is 0 Å². The fourth-order valence-electron chi connectivity index (χ4n) is 1.92. The Kier molecular flexibility index (Phi) is 4.63. The van der Waals surface area contributed by atoms with E-state index >= 15 is 0 Å². The number of rotatable bonds is 4. The van der Waals surface area contributed by atoms with E-state index < -0.39 is 5.41 Å². The molecule has 2 rings (SSSR count). The second kappa shape index (κ2) is 6.26. The number of benzene rings is 1. The van der Waals surface area contributed by atoms with Crippen LogP contribution in [0.3, 0.4) is 0 Å². The highest BCUT2D eigenvalue weighted by atomic mass is 16.2. The lowest BCUT2D eigenvalue weighted by molar-refractivity contribution is -0.123. The third kappa shape index (κ3) is 4.56. The number of anilines is 2. The lowest BCUT2D eigenvalue weighted by Gasteiger charge is -2.26. The molecule has 1 fully saturated rings. The minimum Gasteiger partial charge on any atom is -0.326 e. The van der Waals surface area contributed by atoms with Crippen LogP contribution in [0.2, 0.25) is 0 Å². The van der Waals surface area contributed by atoms with Gasteiger partial charge in [-0.25, -0.2) is 0 Å². The highest BCUT2D eigenvalue weighted by molar-refractivity contribution is 5.95. The molecule has 5 heteroatoms. The fourth-order valence-corrected chi connectivity index (χ4v) is 1.92. The number of carbonyl (C=O) groups is 2. The maximum absolute atomic E-state index is 11.9. The summed E-state index contributed by atoms with van der Waals surface area (Å²) in [5.74, 6) is 0.458. The van der Waals surface area contributed by atoms with Crippen LogP contribution in [0.1, 0.15) is 27.2 Å². The molecule has 5 nitrogen and oxygen atoms in total. The summed E-state index contributed by atoms with van der Waals surface area (Å²) in [4.78, 5) is 23.7. The average molecular weight is 289 g/mol. The Balaban J connectivity index is 1.86. The van der Waals surface area contributed by atoms with Crippen LogP contribution in [0.4, 0.5) is 11.4 Å². The van der Waals surface area contributed by atoms with E-state index in [2.05, 4.69) is 16.0 Å². The normalized spacial score (nSPS) is 15.2. The lowest BCUT2D eigenvalue weighted by Crippen LogP contribution is -2.43. The summed E-state index contributed by atoms with van der Waals surface area (Å²) in [6.45, 7) is 7.45. The van der Waals surface area contributed by atoms with E-state index in [0.29, 0.717) is 12.3 Å². The first-order valence-electron chi connectivity index (χ1n) is 7.27. The smallest absolute Gasteiger partial charge is 0.229 e. The zero-order chi connectivity index (χ0) is 15.5. The zero-order valence-corrected chi connectivity index (χ0v) is 12.8. The standard InChI is InChI=1S/C16H23N3O2/c1-16(2,3)15(21)19-13-6-4-12(5-7-13)18-14(20)8-11-9-17-10-11/h4-7,11,17H,8-10H2,1-3H3,(H,18,20)(H,19,21). The van der Waals surface area contributed by atoms with Crippen molar-refractivity contribution in [2.24, 2.45) is 11.3 Å². The predicted molar refractivity (Wildman–Crippen MR) is 84.1 cm³/mol. The molecule has 0 aliphatic carbocycles. The first kappa shape index (κ1) is 15.5. The van der Waals surface area contributed by atoms with Crippen molar-refractivity contribution >= 4 is 23.2 Å². The molecule has 0 saturated carbocycles. The summed E-state index contributed by atoms with van der Waals surface area (Å²) in [5.41, 5.74) is 1.06. The molecule has 21 heavy (non-hydrogen) atoms. The number of hydrogen-bond acceptors (Lipinski definition) is 3. The van der Waals surface area contributed by atoms with E-state index in [4.69, 9.17) is 0 Å². The van der Waals surface area contributed by atoms with Crippen LogP contribution in [-0.4, -0.2) is 24.9 Å². The molecule has 3 N–H and O–H groups in total. The van der Waals surface area contributed by atoms with Crippen molar-refractivity contribution < 1.29 is 9.59 Å². The van der Waals surface area contributed by atoms with Crippen LogP contribution in [0.25, 0.3) is 0 Å². The largest absolute Gasteiger partial charge is 0.326 e. The van der Waals surface area contributed by atoms with E-state index in [1.54, 1.807) is 24.3 Å². The molecule has 1 aliphatic heterocycles. The zero-order valence-electron chi connectivity index (χ0n) is 12.8. The van der Waals surface area contributed by atoms with E-state index in [1.165, 1.54) is 0 Å². The molecule has 114 valence electrons. The Morgan fingerprint density at radius 3 is 2.05 bits per heavy atom. The summed E-state index contributed by atoms with van der Waals surface area (Å²) in [5, 5.41) is 8.87. The maximum atomic E-state index is 11.9. The van der Waals surface area contributed by atoms with Crippen molar-refractivity contribution in [3.63, 3.8) is 0 Å². The second-order valence-electron chi connectivity index (χ2n) is 6.56. The third-order valence-electron chi connectivity index (χ3n) is 3.45. The molecule has 0 spiro atoms.